The van der Waals surface area contributed by atoms with Crippen molar-refractivity contribution in [2.24, 2.45) is 0 Å². The second-order valence-electron chi connectivity index (χ2n) is 1.96. The molecule has 0 radical (unpaired) electrons. The van der Waals surface area contributed by atoms with Crippen LogP contribution in [0.3, 0.4) is 0 Å². The highest BCUT2D eigenvalue weighted by molar-refractivity contribution is 6.78. The predicted molar refractivity (Wildman–Crippen MR) is 54.8 cm³/mol. The molecular weight excluding hydrogens is 296 g/mol. The van der Waals surface area contributed by atoms with Gasteiger partial charge in [-0.1, -0.05) is 81.2 Å². The van der Waals surface area contributed by atoms with Gasteiger partial charge in [-0.05, 0) is 6.92 Å². The van der Waals surface area contributed by atoms with Gasteiger partial charge in [0.1, 0.15) is 0 Å². The summed E-state index contributed by atoms with van der Waals surface area (Å²) in [5.74, 6) is 0. The average molecular weight is 299 g/mol. The van der Waals surface area contributed by atoms with Crippen LogP contribution in [0.15, 0.2) is 0 Å². The molecule has 0 bridgehead atoms. The van der Waals surface area contributed by atoms with E-state index in [1.54, 1.807) is 0 Å². The third-order valence-corrected chi connectivity index (χ3v) is 4.61. The van der Waals surface area contributed by atoms with Crippen LogP contribution in [0.4, 0.5) is 0 Å². The molecule has 0 aliphatic rings. The first-order chi connectivity index (χ1) is 4.50. The lowest BCUT2D eigenvalue weighted by Crippen LogP contribution is -2.44. The maximum Gasteiger partial charge on any atom is 0.226 e. The highest BCUT2D eigenvalue weighted by Crippen LogP contribution is 2.55. The summed E-state index contributed by atoms with van der Waals surface area (Å²) in [4.78, 5) is 0. The minimum absolute atomic E-state index is 1.33. The van der Waals surface area contributed by atoms with Crippen molar-refractivity contribution in [2.45, 2.75) is 19.4 Å². The zero-order valence-electron chi connectivity index (χ0n) is 5.15. The van der Waals surface area contributed by atoms with E-state index in [1.807, 2.05) is 0 Å². The van der Waals surface area contributed by atoms with Gasteiger partial charge in [-0.15, -0.1) is 0 Å². The van der Waals surface area contributed by atoms with Gasteiger partial charge in [-0.2, -0.15) is 0 Å². The van der Waals surface area contributed by atoms with Crippen LogP contribution in [-0.2, 0) is 0 Å². The molecule has 68 valence electrons. The summed E-state index contributed by atoms with van der Waals surface area (Å²) in [7, 11) is 0. The second-order valence-corrected chi connectivity index (χ2v) is 7.27. The molecule has 0 unspecified atom stereocenters. The Morgan fingerprint density at radius 2 is 1.00 bits per heavy atom. The van der Waals surface area contributed by atoms with Crippen LogP contribution in [-0.4, -0.2) is 12.5 Å². The number of hydrogen-bond donors (Lipinski definition) is 0. The first-order valence-corrected chi connectivity index (χ1v) is 4.97. The number of halogens is 7. The van der Waals surface area contributed by atoms with Gasteiger partial charge in [0.25, 0.3) is 0 Å². The van der Waals surface area contributed by atoms with E-state index >= 15 is 0 Å². The average Bonchev–Trinajstić information content (AvgIpc) is 1.58. The van der Waals surface area contributed by atoms with E-state index in [9.17, 15) is 0 Å². The molecule has 0 aromatic heterocycles. The Morgan fingerprint density at radius 1 is 0.727 bits per heavy atom. The van der Waals surface area contributed by atoms with Crippen molar-refractivity contribution < 1.29 is 0 Å². The lowest BCUT2D eigenvalue weighted by atomic mass is 10.3. The molecule has 0 rings (SSSR count). The Balaban J connectivity index is 4.75. The number of hydrogen-bond acceptors (Lipinski definition) is 0. The van der Waals surface area contributed by atoms with Gasteiger partial charge in [-0.25, -0.2) is 0 Å². The standard InChI is InChI=1S/C4H3Cl7/c1-2(5,6)3(7,8)4(9,10)11/h1H3. The second kappa shape index (κ2) is 3.65. The summed E-state index contributed by atoms with van der Waals surface area (Å²) in [5, 5.41) is 0. The van der Waals surface area contributed by atoms with Crippen molar-refractivity contribution in [2.75, 3.05) is 0 Å². The molecule has 0 saturated heterocycles. The van der Waals surface area contributed by atoms with E-state index in [0.717, 1.165) is 0 Å². The summed E-state index contributed by atoms with van der Waals surface area (Å²) >= 11 is 38.5. The van der Waals surface area contributed by atoms with Crippen LogP contribution < -0.4 is 0 Å². The Morgan fingerprint density at radius 3 is 1.00 bits per heavy atom. The van der Waals surface area contributed by atoms with Crippen molar-refractivity contribution in [1.29, 1.82) is 0 Å². The van der Waals surface area contributed by atoms with Crippen LogP contribution in [0.25, 0.3) is 0 Å². The van der Waals surface area contributed by atoms with Crippen LogP contribution in [0.5, 0.6) is 0 Å². The zero-order valence-corrected chi connectivity index (χ0v) is 10.4. The molecule has 0 fully saturated rings. The van der Waals surface area contributed by atoms with Crippen molar-refractivity contribution in [3.8, 4) is 0 Å². The molecule has 0 spiro atoms. The van der Waals surface area contributed by atoms with Gasteiger partial charge in [-0.3, -0.25) is 0 Å². The molecule has 0 aliphatic carbocycles. The zero-order chi connectivity index (χ0) is 9.50. The summed E-state index contributed by atoms with van der Waals surface area (Å²) in [6, 6.07) is 0. The van der Waals surface area contributed by atoms with E-state index in [4.69, 9.17) is 81.2 Å². The molecule has 0 N–H and O–H groups in total. The molecule has 0 heterocycles. The van der Waals surface area contributed by atoms with Gasteiger partial charge in [0.05, 0.1) is 0 Å². The predicted octanol–water partition coefficient (Wildman–Crippen LogP) is 4.72. The lowest BCUT2D eigenvalue weighted by Gasteiger charge is -2.34. The highest BCUT2D eigenvalue weighted by Gasteiger charge is 2.57. The van der Waals surface area contributed by atoms with E-state index in [0.29, 0.717) is 0 Å². The van der Waals surface area contributed by atoms with E-state index in [2.05, 4.69) is 0 Å². The van der Waals surface area contributed by atoms with E-state index in [-0.39, 0.29) is 0 Å². The molecule has 0 amide bonds. The smallest absolute Gasteiger partial charge is 0.0984 e. The first-order valence-electron chi connectivity index (χ1n) is 2.32. The maximum absolute atomic E-state index is 5.59. The molecule has 11 heavy (non-hydrogen) atoms. The van der Waals surface area contributed by atoms with E-state index in [1.165, 1.54) is 6.92 Å². The molecule has 7 heteroatoms. The van der Waals surface area contributed by atoms with Gasteiger partial charge in [0, 0.05) is 0 Å². The normalized spacial score (nSPS) is 15.3. The van der Waals surface area contributed by atoms with Crippen molar-refractivity contribution in [3.63, 3.8) is 0 Å². The molecule has 0 nitrogen and oxygen atoms in total. The summed E-state index contributed by atoms with van der Waals surface area (Å²) < 4.78 is -5.33. The molecule has 0 aromatic rings. The minimum Gasteiger partial charge on any atom is -0.0984 e. The fourth-order valence-electron chi connectivity index (χ4n) is 0.249. The first kappa shape index (κ1) is 13.0. The minimum atomic E-state index is -1.94. The topological polar surface area (TPSA) is 0 Å². The molecule has 0 atom stereocenters. The Hall–Kier alpha value is 2.03. The van der Waals surface area contributed by atoms with Crippen LogP contribution in [0.1, 0.15) is 6.92 Å². The number of rotatable bonds is 1. The fourth-order valence-corrected chi connectivity index (χ4v) is 1.39. The van der Waals surface area contributed by atoms with Crippen molar-refractivity contribution in [3.05, 3.63) is 0 Å². The Bertz CT molecular complexity index is 122. The molecule has 0 aliphatic heterocycles. The van der Waals surface area contributed by atoms with Gasteiger partial charge in [0.15, 0.2) is 8.67 Å². The van der Waals surface area contributed by atoms with Gasteiger partial charge >= 0.3 is 0 Å². The fraction of sp³-hybridized carbons (Fsp3) is 1.00. The van der Waals surface area contributed by atoms with Crippen LogP contribution in [0.2, 0.25) is 0 Å². The maximum atomic E-state index is 5.59. The Kier molecular flexibility index (Phi) is 4.32. The van der Waals surface area contributed by atoms with Crippen LogP contribution in [0, 0.1) is 0 Å². The van der Waals surface area contributed by atoms with Crippen molar-refractivity contribution >= 4 is 81.2 Å². The summed E-state index contributed by atoms with van der Waals surface area (Å²) in [6.45, 7) is 1.33. The Labute approximate surface area is 100.0 Å². The third-order valence-electron chi connectivity index (χ3n) is 0.907. The lowest BCUT2D eigenvalue weighted by molar-refractivity contribution is 0.713. The quantitative estimate of drug-likeness (QED) is 0.614. The van der Waals surface area contributed by atoms with Crippen LogP contribution >= 0.6 is 81.2 Å². The van der Waals surface area contributed by atoms with Crippen molar-refractivity contribution in [1.82, 2.24) is 0 Å². The molecule has 0 saturated carbocycles. The molecular formula is C4H3Cl7. The summed E-state index contributed by atoms with van der Waals surface area (Å²) in [6.07, 6.45) is 0. The number of alkyl halides is 7. The van der Waals surface area contributed by atoms with Gasteiger partial charge < -0.3 is 0 Å². The highest BCUT2D eigenvalue weighted by atomic mass is 35.6. The monoisotopic (exact) mass is 296 g/mol. The largest absolute Gasteiger partial charge is 0.226 e. The van der Waals surface area contributed by atoms with Gasteiger partial charge in [0.2, 0.25) is 3.79 Å². The van der Waals surface area contributed by atoms with E-state index < -0.39 is 12.5 Å². The summed E-state index contributed by atoms with van der Waals surface area (Å²) in [5.41, 5.74) is 0. The SMILES string of the molecule is CC(Cl)(Cl)C(Cl)(Cl)C(Cl)(Cl)Cl. The molecule has 0 aromatic carbocycles. The third kappa shape index (κ3) is 3.02.